The van der Waals surface area contributed by atoms with E-state index in [1.54, 1.807) is 50.2 Å². The fourth-order valence-corrected chi connectivity index (χ4v) is 4.57. The molecule has 2 aromatic rings. The molecule has 2 amide bonds. The monoisotopic (exact) mass is 493 g/mol. The van der Waals surface area contributed by atoms with Crippen LogP contribution in [-0.4, -0.2) is 50.5 Å². The summed E-state index contributed by atoms with van der Waals surface area (Å²) in [6, 6.07) is 11.6. The quantitative estimate of drug-likeness (QED) is 0.547. The number of nitrogens with zero attached hydrogens (tertiary/aromatic N) is 2. The minimum atomic E-state index is -3.76. The van der Waals surface area contributed by atoms with Gasteiger partial charge in [-0.05, 0) is 50.5 Å². The van der Waals surface area contributed by atoms with E-state index in [9.17, 15) is 18.0 Å². The Morgan fingerprint density at radius 3 is 2.36 bits per heavy atom. The predicted octanol–water partition coefficient (Wildman–Crippen LogP) is 3.67. The van der Waals surface area contributed by atoms with Crippen LogP contribution in [0.25, 0.3) is 0 Å². The molecule has 2 rings (SSSR count). The molecule has 0 saturated carbocycles. The third-order valence-corrected chi connectivity index (χ3v) is 6.81. The maximum absolute atomic E-state index is 13.5. The SMILES string of the molecule is CCCNC(=O)[C@H](C)N(Cc1ccccc1Cl)C(=O)CN(c1ccc(C)cc1C)S(C)(=O)=O. The lowest BCUT2D eigenvalue weighted by Crippen LogP contribution is -2.51. The summed E-state index contributed by atoms with van der Waals surface area (Å²) >= 11 is 6.31. The molecule has 0 spiro atoms. The highest BCUT2D eigenvalue weighted by atomic mass is 35.5. The topological polar surface area (TPSA) is 86.8 Å². The first-order valence-electron chi connectivity index (χ1n) is 10.8. The largest absolute Gasteiger partial charge is 0.354 e. The van der Waals surface area contributed by atoms with Crippen molar-refractivity contribution >= 4 is 39.1 Å². The van der Waals surface area contributed by atoms with Crippen molar-refractivity contribution in [2.45, 2.75) is 46.7 Å². The molecule has 0 bridgehead atoms. The number of carbonyl (C=O) groups is 2. The van der Waals surface area contributed by atoms with Crippen LogP contribution in [0.15, 0.2) is 42.5 Å². The summed E-state index contributed by atoms with van der Waals surface area (Å²) < 4.78 is 26.4. The molecule has 0 aliphatic heterocycles. The van der Waals surface area contributed by atoms with Gasteiger partial charge in [0, 0.05) is 18.1 Å². The normalized spacial score (nSPS) is 12.2. The Hall–Kier alpha value is -2.58. The van der Waals surface area contributed by atoms with Gasteiger partial charge in [-0.3, -0.25) is 13.9 Å². The molecule has 33 heavy (non-hydrogen) atoms. The standard InChI is InChI=1S/C24H32ClN3O4S/c1-6-13-26-24(30)19(4)27(15-20-9-7-8-10-21(20)25)23(29)16-28(33(5,31)32)22-12-11-17(2)14-18(22)3/h7-12,14,19H,6,13,15-16H2,1-5H3,(H,26,30)/t19-/m0/s1. The van der Waals surface area contributed by atoms with Gasteiger partial charge in [0.15, 0.2) is 0 Å². The minimum Gasteiger partial charge on any atom is -0.354 e. The molecule has 2 aromatic carbocycles. The Kier molecular flexibility index (Phi) is 9.31. The molecule has 0 radical (unpaired) electrons. The average Bonchev–Trinajstić information content (AvgIpc) is 2.74. The molecule has 7 nitrogen and oxygen atoms in total. The highest BCUT2D eigenvalue weighted by Gasteiger charge is 2.30. The van der Waals surface area contributed by atoms with Crippen molar-refractivity contribution in [3.05, 3.63) is 64.2 Å². The molecule has 0 heterocycles. The van der Waals surface area contributed by atoms with Crippen LogP contribution in [0.3, 0.4) is 0 Å². The number of rotatable bonds is 10. The van der Waals surface area contributed by atoms with Gasteiger partial charge in [-0.1, -0.05) is 54.4 Å². The molecule has 180 valence electrons. The Morgan fingerprint density at radius 2 is 1.79 bits per heavy atom. The molecule has 0 fully saturated rings. The summed E-state index contributed by atoms with van der Waals surface area (Å²) in [4.78, 5) is 27.6. The zero-order valence-corrected chi connectivity index (χ0v) is 21.3. The Morgan fingerprint density at radius 1 is 1.12 bits per heavy atom. The van der Waals surface area contributed by atoms with Crippen LogP contribution in [-0.2, 0) is 26.2 Å². The summed E-state index contributed by atoms with van der Waals surface area (Å²) in [5.74, 6) is -0.811. The fraction of sp³-hybridized carbons (Fsp3) is 0.417. The molecule has 0 saturated heterocycles. The highest BCUT2D eigenvalue weighted by molar-refractivity contribution is 7.92. The van der Waals surface area contributed by atoms with E-state index < -0.39 is 28.5 Å². The first-order chi connectivity index (χ1) is 15.5. The van der Waals surface area contributed by atoms with E-state index in [1.165, 1.54) is 4.90 Å². The van der Waals surface area contributed by atoms with Crippen LogP contribution in [0.1, 0.15) is 37.0 Å². The zero-order valence-electron chi connectivity index (χ0n) is 19.8. The van der Waals surface area contributed by atoms with Crippen LogP contribution >= 0.6 is 11.6 Å². The fourth-order valence-electron chi connectivity index (χ4n) is 3.47. The Balaban J connectivity index is 2.42. The van der Waals surface area contributed by atoms with Gasteiger partial charge in [0.05, 0.1) is 11.9 Å². The van der Waals surface area contributed by atoms with E-state index >= 15 is 0 Å². The molecular formula is C24H32ClN3O4S. The van der Waals surface area contributed by atoms with E-state index in [0.717, 1.165) is 28.1 Å². The third kappa shape index (κ3) is 7.20. The van der Waals surface area contributed by atoms with Crippen molar-refractivity contribution < 1.29 is 18.0 Å². The zero-order chi connectivity index (χ0) is 24.8. The minimum absolute atomic E-state index is 0.0731. The van der Waals surface area contributed by atoms with Crippen molar-refractivity contribution in [2.75, 3.05) is 23.7 Å². The summed E-state index contributed by atoms with van der Waals surface area (Å²) in [5, 5.41) is 3.26. The lowest BCUT2D eigenvalue weighted by atomic mass is 10.1. The Labute approximate surface area is 201 Å². The second-order valence-corrected chi connectivity index (χ2v) is 10.5. The predicted molar refractivity (Wildman–Crippen MR) is 133 cm³/mol. The number of benzene rings is 2. The first-order valence-corrected chi connectivity index (χ1v) is 13.0. The van der Waals surface area contributed by atoms with Crippen molar-refractivity contribution in [1.29, 1.82) is 0 Å². The van der Waals surface area contributed by atoms with Gasteiger partial charge in [-0.15, -0.1) is 0 Å². The molecule has 0 aliphatic rings. The average molecular weight is 494 g/mol. The van der Waals surface area contributed by atoms with E-state index in [0.29, 0.717) is 22.8 Å². The van der Waals surface area contributed by atoms with Gasteiger partial charge >= 0.3 is 0 Å². The molecule has 1 atom stereocenters. The lowest BCUT2D eigenvalue weighted by Gasteiger charge is -2.32. The number of sulfonamides is 1. The lowest BCUT2D eigenvalue weighted by molar-refractivity contribution is -0.139. The number of carbonyl (C=O) groups excluding carboxylic acids is 2. The van der Waals surface area contributed by atoms with Crippen LogP contribution < -0.4 is 9.62 Å². The van der Waals surface area contributed by atoms with Gasteiger partial charge < -0.3 is 10.2 Å². The van der Waals surface area contributed by atoms with Crippen LogP contribution in [0, 0.1) is 13.8 Å². The van der Waals surface area contributed by atoms with Crippen LogP contribution in [0.5, 0.6) is 0 Å². The van der Waals surface area contributed by atoms with Gasteiger partial charge in [-0.25, -0.2) is 8.42 Å². The summed E-state index contributed by atoms with van der Waals surface area (Å²) in [7, 11) is -3.76. The van der Waals surface area contributed by atoms with E-state index in [4.69, 9.17) is 11.6 Å². The number of anilines is 1. The smallest absolute Gasteiger partial charge is 0.244 e. The Bertz CT molecular complexity index is 1100. The summed E-state index contributed by atoms with van der Waals surface area (Å²) in [5.41, 5.74) is 2.81. The van der Waals surface area contributed by atoms with Crippen LogP contribution in [0.4, 0.5) is 5.69 Å². The van der Waals surface area contributed by atoms with Crippen molar-refractivity contribution in [3.8, 4) is 0 Å². The summed E-state index contributed by atoms with van der Waals surface area (Å²) in [6.45, 7) is 7.40. The number of hydrogen-bond acceptors (Lipinski definition) is 4. The van der Waals surface area contributed by atoms with Gasteiger partial charge in [0.2, 0.25) is 21.8 Å². The number of nitrogens with one attached hydrogen (secondary N) is 1. The molecule has 1 N–H and O–H groups in total. The number of amides is 2. The van der Waals surface area contributed by atoms with E-state index in [1.807, 2.05) is 19.9 Å². The highest BCUT2D eigenvalue weighted by Crippen LogP contribution is 2.25. The number of hydrogen-bond donors (Lipinski definition) is 1. The van der Waals surface area contributed by atoms with E-state index in [-0.39, 0.29) is 12.5 Å². The van der Waals surface area contributed by atoms with Gasteiger partial charge in [-0.2, -0.15) is 0 Å². The molecular weight excluding hydrogens is 462 g/mol. The van der Waals surface area contributed by atoms with Crippen LogP contribution in [0.2, 0.25) is 5.02 Å². The molecule has 0 aliphatic carbocycles. The number of aryl methyl sites for hydroxylation is 2. The second kappa shape index (κ2) is 11.5. The van der Waals surface area contributed by atoms with Gasteiger partial charge in [0.1, 0.15) is 12.6 Å². The summed E-state index contributed by atoms with van der Waals surface area (Å²) in [6.07, 6.45) is 1.82. The molecule has 9 heteroatoms. The second-order valence-electron chi connectivity index (χ2n) is 8.14. The number of halogens is 1. The van der Waals surface area contributed by atoms with Crippen molar-refractivity contribution in [2.24, 2.45) is 0 Å². The van der Waals surface area contributed by atoms with Crippen molar-refractivity contribution in [1.82, 2.24) is 10.2 Å². The van der Waals surface area contributed by atoms with Crippen molar-refractivity contribution in [3.63, 3.8) is 0 Å². The third-order valence-electron chi connectivity index (χ3n) is 5.32. The maximum atomic E-state index is 13.5. The maximum Gasteiger partial charge on any atom is 0.244 e. The van der Waals surface area contributed by atoms with Gasteiger partial charge in [0.25, 0.3) is 0 Å². The van der Waals surface area contributed by atoms with E-state index in [2.05, 4.69) is 5.32 Å². The molecule has 0 unspecified atom stereocenters. The first kappa shape index (κ1) is 26.7. The molecule has 0 aromatic heterocycles.